The molecule has 0 saturated carbocycles. The Kier molecular flexibility index (Phi) is 6.28. The van der Waals surface area contributed by atoms with Gasteiger partial charge in [-0.25, -0.2) is 9.18 Å². The molecule has 0 aliphatic carbocycles. The van der Waals surface area contributed by atoms with E-state index in [1.54, 1.807) is 4.90 Å². The van der Waals surface area contributed by atoms with Crippen LogP contribution in [0.1, 0.15) is 13.8 Å². The molecular weight excluding hydrogens is 399 g/mol. The second-order valence-electron chi connectivity index (χ2n) is 6.80. The summed E-state index contributed by atoms with van der Waals surface area (Å²) in [4.78, 5) is 51.0. The van der Waals surface area contributed by atoms with Crippen molar-refractivity contribution in [3.8, 4) is 11.5 Å². The first-order valence-corrected chi connectivity index (χ1v) is 9.32. The third-order valence-corrected chi connectivity index (χ3v) is 4.67. The summed E-state index contributed by atoms with van der Waals surface area (Å²) in [5.74, 6) is -2.68. The molecule has 1 fully saturated rings. The third kappa shape index (κ3) is 4.91. The number of aromatic nitrogens is 2. The van der Waals surface area contributed by atoms with Gasteiger partial charge in [0.2, 0.25) is 11.8 Å². The molecule has 1 unspecified atom stereocenters. The number of carbonyl (C=O) groups is 3. The zero-order valence-electron chi connectivity index (χ0n) is 16.5. The number of carbonyl (C=O) groups excluding carboxylic acids is 3. The van der Waals surface area contributed by atoms with Crippen LogP contribution >= 0.6 is 0 Å². The van der Waals surface area contributed by atoms with Gasteiger partial charge >= 0.3 is 11.7 Å². The summed E-state index contributed by atoms with van der Waals surface area (Å²) in [6, 6.07) is 5.14. The van der Waals surface area contributed by atoms with E-state index in [0.29, 0.717) is 31.7 Å². The van der Waals surface area contributed by atoms with Gasteiger partial charge in [-0.1, -0.05) is 0 Å². The van der Waals surface area contributed by atoms with Gasteiger partial charge in [-0.05, 0) is 31.2 Å². The van der Waals surface area contributed by atoms with E-state index in [2.05, 4.69) is 5.10 Å². The molecule has 1 aliphatic rings. The van der Waals surface area contributed by atoms with E-state index in [0.717, 1.165) is 4.68 Å². The number of benzene rings is 1. The van der Waals surface area contributed by atoms with Gasteiger partial charge in [0.25, 0.3) is 5.91 Å². The lowest BCUT2D eigenvalue weighted by atomic mass is 10.2. The van der Waals surface area contributed by atoms with Crippen molar-refractivity contribution in [1.82, 2.24) is 19.6 Å². The number of nitrogens with zero attached hydrogens (tertiary/aromatic N) is 4. The SMILES string of the molecule is CC(=O)N1CCN(C(=O)C(C)OC(=O)Cn2nc(-c3ccc(F)cc3)oc2=O)CC1. The standard InChI is InChI=1S/C19H21FN4O6/c1-12(18(27)23-9-7-22(8-10-23)13(2)25)29-16(26)11-24-19(28)30-17(21-24)14-3-5-15(20)6-4-14/h3-6,12H,7-11H2,1-2H3. The zero-order valence-corrected chi connectivity index (χ0v) is 16.5. The summed E-state index contributed by atoms with van der Waals surface area (Å²) in [6.45, 7) is 3.90. The van der Waals surface area contributed by atoms with E-state index in [-0.39, 0.29) is 17.7 Å². The first-order chi connectivity index (χ1) is 14.2. The molecule has 30 heavy (non-hydrogen) atoms. The second kappa shape index (κ2) is 8.89. The number of amides is 2. The number of halogens is 1. The van der Waals surface area contributed by atoms with E-state index >= 15 is 0 Å². The van der Waals surface area contributed by atoms with Crippen LogP contribution in [0, 0.1) is 5.82 Å². The minimum absolute atomic E-state index is 0.0559. The molecule has 3 rings (SSSR count). The average molecular weight is 420 g/mol. The van der Waals surface area contributed by atoms with Gasteiger partial charge in [0.1, 0.15) is 12.4 Å². The Hall–Kier alpha value is -3.50. The highest BCUT2D eigenvalue weighted by Crippen LogP contribution is 2.15. The van der Waals surface area contributed by atoms with E-state index in [1.807, 2.05) is 0 Å². The lowest BCUT2D eigenvalue weighted by molar-refractivity contribution is -0.160. The lowest BCUT2D eigenvalue weighted by Gasteiger charge is -2.35. The molecule has 0 bridgehead atoms. The fourth-order valence-corrected chi connectivity index (χ4v) is 3.02. The first-order valence-electron chi connectivity index (χ1n) is 9.32. The highest BCUT2D eigenvalue weighted by Gasteiger charge is 2.28. The van der Waals surface area contributed by atoms with E-state index in [4.69, 9.17) is 9.15 Å². The molecule has 11 heteroatoms. The largest absolute Gasteiger partial charge is 0.451 e. The van der Waals surface area contributed by atoms with Crippen LogP contribution in [-0.4, -0.2) is 69.6 Å². The number of esters is 1. The molecule has 1 aromatic heterocycles. The van der Waals surface area contributed by atoms with E-state index < -0.39 is 30.2 Å². The summed E-state index contributed by atoms with van der Waals surface area (Å²) in [6.07, 6.45) is -1.06. The zero-order chi connectivity index (χ0) is 21.8. The van der Waals surface area contributed by atoms with Gasteiger partial charge < -0.3 is 19.0 Å². The van der Waals surface area contributed by atoms with E-state index in [9.17, 15) is 23.6 Å². The normalized spacial score (nSPS) is 15.0. The van der Waals surface area contributed by atoms with Crippen molar-refractivity contribution in [2.45, 2.75) is 26.5 Å². The topological polar surface area (TPSA) is 115 Å². The molecule has 0 spiro atoms. The van der Waals surface area contributed by atoms with Crippen LogP contribution in [0.5, 0.6) is 0 Å². The molecule has 2 heterocycles. The molecule has 0 radical (unpaired) electrons. The molecule has 1 aliphatic heterocycles. The lowest BCUT2D eigenvalue weighted by Crippen LogP contribution is -2.52. The van der Waals surface area contributed by atoms with Crippen LogP contribution in [0.2, 0.25) is 0 Å². The number of ether oxygens (including phenoxy) is 1. The predicted octanol–water partition coefficient (Wildman–Crippen LogP) is 0.265. The number of hydrogen-bond acceptors (Lipinski definition) is 7. The van der Waals surface area contributed by atoms with Gasteiger partial charge in [0.05, 0.1) is 0 Å². The Labute approximate surface area is 170 Å². The quantitative estimate of drug-likeness (QED) is 0.638. The number of hydrogen-bond donors (Lipinski definition) is 0. The maximum Gasteiger partial charge on any atom is 0.437 e. The van der Waals surface area contributed by atoms with Gasteiger partial charge in [-0.2, -0.15) is 4.68 Å². The van der Waals surface area contributed by atoms with Crippen molar-refractivity contribution < 1.29 is 27.9 Å². The molecule has 1 saturated heterocycles. The number of piperazine rings is 1. The Balaban J connectivity index is 1.56. The fraction of sp³-hybridized carbons (Fsp3) is 0.421. The third-order valence-electron chi connectivity index (χ3n) is 4.67. The van der Waals surface area contributed by atoms with Crippen LogP contribution in [0.3, 0.4) is 0 Å². The van der Waals surface area contributed by atoms with Crippen LogP contribution in [0.4, 0.5) is 4.39 Å². The van der Waals surface area contributed by atoms with Crippen LogP contribution in [-0.2, 0) is 25.7 Å². The van der Waals surface area contributed by atoms with Gasteiger partial charge in [0.15, 0.2) is 6.10 Å². The molecule has 1 aromatic carbocycles. The Morgan fingerprint density at radius 1 is 1.13 bits per heavy atom. The predicted molar refractivity (Wildman–Crippen MR) is 101 cm³/mol. The molecule has 0 N–H and O–H groups in total. The van der Waals surface area contributed by atoms with Crippen molar-refractivity contribution in [1.29, 1.82) is 0 Å². The van der Waals surface area contributed by atoms with Crippen LogP contribution < -0.4 is 5.76 Å². The van der Waals surface area contributed by atoms with E-state index in [1.165, 1.54) is 43.0 Å². The van der Waals surface area contributed by atoms with Crippen molar-refractivity contribution in [3.63, 3.8) is 0 Å². The average Bonchev–Trinajstić information content (AvgIpc) is 3.08. The molecule has 160 valence electrons. The smallest absolute Gasteiger partial charge is 0.437 e. The Bertz CT molecular complexity index is 991. The number of rotatable bonds is 5. The summed E-state index contributed by atoms with van der Waals surface area (Å²) < 4.78 is 23.9. The summed E-state index contributed by atoms with van der Waals surface area (Å²) in [5, 5.41) is 3.90. The summed E-state index contributed by atoms with van der Waals surface area (Å²) in [7, 11) is 0. The Morgan fingerprint density at radius 2 is 1.73 bits per heavy atom. The minimum atomic E-state index is -1.06. The minimum Gasteiger partial charge on any atom is -0.451 e. The van der Waals surface area contributed by atoms with Crippen molar-refractivity contribution >= 4 is 17.8 Å². The Morgan fingerprint density at radius 3 is 2.33 bits per heavy atom. The van der Waals surface area contributed by atoms with Crippen molar-refractivity contribution in [2.75, 3.05) is 26.2 Å². The van der Waals surface area contributed by atoms with Crippen molar-refractivity contribution in [2.24, 2.45) is 0 Å². The highest BCUT2D eigenvalue weighted by molar-refractivity contribution is 5.83. The first kappa shape index (κ1) is 21.2. The summed E-state index contributed by atoms with van der Waals surface area (Å²) >= 11 is 0. The van der Waals surface area contributed by atoms with Gasteiger partial charge in [-0.15, -0.1) is 5.10 Å². The maximum atomic E-state index is 13.0. The maximum absolute atomic E-state index is 13.0. The second-order valence-corrected chi connectivity index (χ2v) is 6.80. The van der Waals surface area contributed by atoms with Crippen LogP contribution in [0.15, 0.2) is 33.5 Å². The van der Waals surface area contributed by atoms with Gasteiger partial charge in [0, 0.05) is 38.7 Å². The molecule has 10 nitrogen and oxygen atoms in total. The van der Waals surface area contributed by atoms with Crippen LogP contribution in [0.25, 0.3) is 11.5 Å². The van der Waals surface area contributed by atoms with Crippen molar-refractivity contribution in [3.05, 3.63) is 40.6 Å². The molecule has 2 amide bonds. The fourth-order valence-electron chi connectivity index (χ4n) is 3.02. The van der Waals surface area contributed by atoms with Gasteiger partial charge in [-0.3, -0.25) is 14.4 Å². The highest BCUT2D eigenvalue weighted by atomic mass is 19.1. The summed E-state index contributed by atoms with van der Waals surface area (Å²) in [5.41, 5.74) is 0.369. The molecule has 1 atom stereocenters. The monoisotopic (exact) mass is 420 g/mol. The molecular formula is C19H21FN4O6. The molecule has 2 aromatic rings.